The van der Waals surface area contributed by atoms with Crippen molar-refractivity contribution in [3.63, 3.8) is 0 Å². The van der Waals surface area contributed by atoms with E-state index in [0.717, 1.165) is 19.3 Å². The molecule has 70 valence electrons. The lowest BCUT2D eigenvalue weighted by Crippen LogP contribution is -2.32. The molecule has 2 atom stereocenters. The summed E-state index contributed by atoms with van der Waals surface area (Å²) < 4.78 is 5.21. The third-order valence-corrected chi connectivity index (χ3v) is 2.40. The number of hydrogen-bond acceptors (Lipinski definition) is 2. The summed E-state index contributed by atoms with van der Waals surface area (Å²) in [6.07, 6.45) is 4.04. The lowest BCUT2D eigenvalue weighted by atomic mass is 10.2. The zero-order valence-electron chi connectivity index (χ0n) is 7.80. The molecule has 0 radical (unpaired) electrons. The van der Waals surface area contributed by atoms with Gasteiger partial charge in [0.15, 0.2) is 0 Å². The van der Waals surface area contributed by atoms with E-state index in [1.165, 1.54) is 0 Å². The van der Waals surface area contributed by atoms with Gasteiger partial charge in [-0.2, -0.15) is 0 Å². The number of nitrogens with one attached hydrogen (secondary N) is 1. The maximum atomic E-state index is 11.0. The minimum atomic E-state index is 0.150. The van der Waals surface area contributed by atoms with Crippen molar-refractivity contribution in [3.05, 3.63) is 0 Å². The largest absolute Gasteiger partial charge is 0.381 e. The van der Waals surface area contributed by atoms with Gasteiger partial charge in [0.25, 0.3) is 0 Å². The van der Waals surface area contributed by atoms with Crippen molar-refractivity contribution in [2.24, 2.45) is 0 Å². The van der Waals surface area contributed by atoms with Crippen molar-refractivity contribution in [3.8, 4) is 0 Å². The van der Waals surface area contributed by atoms with Crippen LogP contribution in [-0.4, -0.2) is 25.2 Å². The molecule has 0 aromatic rings. The molecule has 0 heterocycles. The standard InChI is InChI=1S/C9H17NO2/c1-3-9(11)10-7-4-5-8(6-7)12-2/h7-8H,3-6H2,1-2H3,(H,10,11). The topological polar surface area (TPSA) is 38.3 Å². The summed E-state index contributed by atoms with van der Waals surface area (Å²) in [5.74, 6) is 0.150. The predicted octanol–water partition coefficient (Wildman–Crippen LogP) is 1.08. The van der Waals surface area contributed by atoms with Crippen LogP contribution >= 0.6 is 0 Å². The number of rotatable bonds is 3. The van der Waals surface area contributed by atoms with Crippen LogP contribution in [0.4, 0.5) is 0 Å². The minimum absolute atomic E-state index is 0.150. The Kier molecular flexibility index (Phi) is 3.53. The van der Waals surface area contributed by atoms with Crippen LogP contribution in [0, 0.1) is 0 Å². The molecule has 0 aromatic heterocycles. The first-order chi connectivity index (χ1) is 5.76. The minimum Gasteiger partial charge on any atom is -0.381 e. The quantitative estimate of drug-likeness (QED) is 0.690. The molecule has 0 aromatic carbocycles. The van der Waals surface area contributed by atoms with Crippen LogP contribution in [-0.2, 0) is 9.53 Å². The average molecular weight is 171 g/mol. The number of ether oxygens (including phenoxy) is 1. The van der Waals surface area contributed by atoms with Crippen molar-refractivity contribution in [1.29, 1.82) is 0 Å². The molecule has 1 rings (SSSR count). The van der Waals surface area contributed by atoms with E-state index >= 15 is 0 Å². The van der Waals surface area contributed by atoms with Crippen molar-refractivity contribution in [1.82, 2.24) is 5.32 Å². The third kappa shape index (κ3) is 2.48. The molecular formula is C9H17NO2. The van der Waals surface area contributed by atoms with Crippen LogP contribution in [0.5, 0.6) is 0 Å². The number of carbonyl (C=O) groups excluding carboxylic acids is 1. The summed E-state index contributed by atoms with van der Waals surface area (Å²) in [7, 11) is 1.73. The molecular weight excluding hydrogens is 154 g/mol. The molecule has 1 amide bonds. The highest BCUT2D eigenvalue weighted by Gasteiger charge is 2.24. The van der Waals surface area contributed by atoms with Crippen LogP contribution < -0.4 is 5.32 Å². The molecule has 1 saturated carbocycles. The van der Waals surface area contributed by atoms with Gasteiger partial charge in [-0.1, -0.05) is 6.92 Å². The van der Waals surface area contributed by atoms with Gasteiger partial charge in [-0.3, -0.25) is 4.79 Å². The highest BCUT2D eigenvalue weighted by Crippen LogP contribution is 2.21. The predicted molar refractivity (Wildman–Crippen MR) is 46.9 cm³/mol. The van der Waals surface area contributed by atoms with Gasteiger partial charge in [-0.05, 0) is 19.3 Å². The average Bonchev–Trinajstić information content (AvgIpc) is 2.52. The van der Waals surface area contributed by atoms with E-state index in [4.69, 9.17) is 4.74 Å². The second-order valence-corrected chi connectivity index (χ2v) is 3.29. The van der Waals surface area contributed by atoms with E-state index in [1.54, 1.807) is 7.11 Å². The van der Waals surface area contributed by atoms with E-state index in [9.17, 15) is 4.79 Å². The highest BCUT2D eigenvalue weighted by molar-refractivity contribution is 5.75. The van der Waals surface area contributed by atoms with Crippen LogP contribution in [0.1, 0.15) is 32.6 Å². The van der Waals surface area contributed by atoms with Gasteiger partial charge in [0.2, 0.25) is 5.91 Å². The van der Waals surface area contributed by atoms with E-state index in [2.05, 4.69) is 5.32 Å². The molecule has 0 spiro atoms. The number of methoxy groups -OCH3 is 1. The van der Waals surface area contributed by atoms with Gasteiger partial charge in [-0.15, -0.1) is 0 Å². The van der Waals surface area contributed by atoms with E-state index in [-0.39, 0.29) is 5.91 Å². The first-order valence-electron chi connectivity index (χ1n) is 4.58. The van der Waals surface area contributed by atoms with E-state index in [1.807, 2.05) is 6.92 Å². The fourth-order valence-electron chi connectivity index (χ4n) is 1.62. The third-order valence-electron chi connectivity index (χ3n) is 2.40. The molecule has 0 aliphatic heterocycles. The lowest BCUT2D eigenvalue weighted by molar-refractivity contribution is -0.121. The molecule has 1 aliphatic carbocycles. The first kappa shape index (κ1) is 9.52. The van der Waals surface area contributed by atoms with Gasteiger partial charge in [0, 0.05) is 19.6 Å². The van der Waals surface area contributed by atoms with Crippen molar-refractivity contribution >= 4 is 5.91 Å². The Bertz CT molecular complexity index is 159. The molecule has 3 heteroatoms. The molecule has 1 fully saturated rings. The Morgan fingerprint density at radius 3 is 2.83 bits per heavy atom. The SMILES string of the molecule is CCC(=O)NC1CCC(OC)C1. The van der Waals surface area contributed by atoms with Crippen molar-refractivity contribution < 1.29 is 9.53 Å². The Labute approximate surface area is 73.5 Å². The molecule has 12 heavy (non-hydrogen) atoms. The second-order valence-electron chi connectivity index (χ2n) is 3.29. The van der Waals surface area contributed by atoms with Gasteiger partial charge >= 0.3 is 0 Å². The first-order valence-corrected chi connectivity index (χ1v) is 4.58. The Balaban J connectivity index is 2.23. The molecule has 2 unspecified atom stereocenters. The zero-order valence-corrected chi connectivity index (χ0v) is 7.80. The van der Waals surface area contributed by atoms with Gasteiger partial charge < -0.3 is 10.1 Å². The Hall–Kier alpha value is -0.570. The molecule has 1 aliphatic rings. The summed E-state index contributed by atoms with van der Waals surface area (Å²) in [5, 5.41) is 2.97. The van der Waals surface area contributed by atoms with Crippen molar-refractivity contribution in [2.75, 3.05) is 7.11 Å². The zero-order chi connectivity index (χ0) is 8.97. The van der Waals surface area contributed by atoms with Gasteiger partial charge in [-0.25, -0.2) is 0 Å². The van der Waals surface area contributed by atoms with Crippen molar-refractivity contribution in [2.45, 2.75) is 44.8 Å². The number of hydrogen-bond donors (Lipinski definition) is 1. The highest BCUT2D eigenvalue weighted by atomic mass is 16.5. The normalized spacial score (nSPS) is 28.8. The summed E-state index contributed by atoms with van der Waals surface area (Å²) in [6, 6.07) is 0.349. The van der Waals surface area contributed by atoms with Gasteiger partial charge in [0.05, 0.1) is 6.10 Å². The van der Waals surface area contributed by atoms with Crippen LogP contribution in [0.25, 0.3) is 0 Å². The maximum Gasteiger partial charge on any atom is 0.219 e. The Morgan fingerprint density at radius 1 is 1.58 bits per heavy atom. The maximum absolute atomic E-state index is 11.0. The lowest BCUT2D eigenvalue weighted by Gasteiger charge is -2.11. The van der Waals surface area contributed by atoms with Gasteiger partial charge in [0.1, 0.15) is 0 Å². The van der Waals surface area contributed by atoms with E-state index < -0.39 is 0 Å². The molecule has 1 N–H and O–H groups in total. The van der Waals surface area contributed by atoms with Crippen LogP contribution in [0.2, 0.25) is 0 Å². The molecule has 0 bridgehead atoms. The smallest absolute Gasteiger partial charge is 0.219 e. The van der Waals surface area contributed by atoms with Crippen LogP contribution in [0.15, 0.2) is 0 Å². The second kappa shape index (κ2) is 4.45. The van der Waals surface area contributed by atoms with E-state index in [0.29, 0.717) is 18.6 Å². The monoisotopic (exact) mass is 171 g/mol. The number of carbonyl (C=O) groups is 1. The fourth-order valence-corrected chi connectivity index (χ4v) is 1.62. The summed E-state index contributed by atoms with van der Waals surface area (Å²) in [6.45, 7) is 1.87. The number of amides is 1. The Morgan fingerprint density at radius 2 is 2.33 bits per heavy atom. The molecule has 3 nitrogen and oxygen atoms in total. The fraction of sp³-hybridized carbons (Fsp3) is 0.889. The molecule has 0 saturated heterocycles. The summed E-state index contributed by atoms with van der Waals surface area (Å²) in [4.78, 5) is 11.0. The van der Waals surface area contributed by atoms with Crippen LogP contribution in [0.3, 0.4) is 0 Å². The summed E-state index contributed by atoms with van der Waals surface area (Å²) >= 11 is 0. The summed E-state index contributed by atoms with van der Waals surface area (Å²) in [5.41, 5.74) is 0.